The molecule has 5 rings (SSSR count). The molecule has 5 heteroatoms. The Hall–Kier alpha value is -3.70. The molecule has 0 amide bonds. The smallest absolute Gasteiger partial charge is 0.320 e. The van der Waals surface area contributed by atoms with E-state index in [1.54, 1.807) is 0 Å². The number of carbonyl (C=O) groups is 1. The van der Waals surface area contributed by atoms with Crippen LogP contribution in [0.3, 0.4) is 0 Å². The average molecular weight is 453 g/mol. The van der Waals surface area contributed by atoms with Crippen LogP contribution in [0, 0.1) is 0 Å². The Balaban J connectivity index is 1.53. The van der Waals surface area contributed by atoms with Gasteiger partial charge < -0.3 is 9.84 Å². The summed E-state index contributed by atoms with van der Waals surface area (Å²) in [6.07, 6.45) is 4.44. The van der Waals surface area contributed by atoms with E-state index >= 15 is 0 Å². The van der Waals surface area contributed by atoms with Gasteiger partial charge in [-0.2, -0.15) is 0 Å². The molecule has 1 aliphatic rings. The van der Waals surface area contributed by atoms with E-state index in [0.29, 0.717) is 13.0 Å². The zero-order chi connectivity index (χ0) is 23.3. The Morgan fingerprint density at radius 1 is 0.971 bits per heavy atom. The molecule has 0 saturated carbocycles. The van der Waals surface area contributed by atoms with Crippen molar-refractivity contribution in [1.29, 1.82) is 0 Å². The summed E-state index contributed by atoms with van der Waals surface area (Å²) >= 11 is 0. The zero-order valence-corrected chi connectivity index (χ0v) is 19.0. The van der Waals surface area contributed by atoms with Crippen LogP contribution in [0.15, 0.2) is 91.1 Å². The first-order valence-corrected chi connectivity index (χ1v) is 11.8. The van der Waals surface area contributed by atoms with Gasteiger partial charge in [-0.15, -0.1) is 0 Å². The Bertz CT molecular complexity index is 1270. The first-order valence-electron chi connectivity index (χ1n) is 11.8. The van der Waals surface area contributed by atoms with E-state index < -0.39 is 12.0 Å². The number of piperidine rings is 1. The first kappa shape index (κ1) is 22.1. The third-order valence-electron chi connectivity index (χ3n) is 6.51. The number of aromatic nitrogens is 1. The molecule has 1 aromatic heterocycles. The Morgan fingerprint density at radius 2 is 1.79 bits per heavy atom. The molecule has 1 aliphatic heterocycles. The minimum absolute atomic E-state index is 0.223. The summed E-state index contributed by atoms with van der Waals surface area (Å²) in [6, 6.07) is 27.5. The fourth-order valence-corrected chi connectivity index (χ4v) is 4.86. The summed E-state index contributed by atoms with van der Waals surface area (Å²) in [5, 5.41) is 11.1. The van der Waals surface area contributed by atoms with E-state index in [1.807, 2.05) is 79.0 Å². The highest BCUT2D eigenvalue weighted by atomic mass is 16.5. The van der Waals surface area contributed by atoms with Crippen LogP contribution in [-0.4, -0.2) is 33.5 Å². The lowest BCUT2D eigenvalue weighted by atomic mass is 9.92. The summed E-state index contributed by atoms with van der Waals surface area (Å²) in [5.41, 5.74) is 4.03. The lowest BCUT2D eigenvalue weighted by molar-refractivity contribution is -0.145. The third kappa shape index (κ3) is 4.80. The number of carboxylic acid groups (broad SMARTS) is 1. The van der Waals surface area contributed by atoms with Gasteiger partial charge in [-0.1, -0.05) is 67.1 Å². The molecule has 2 unspecified atom stereocenters. The number of aliphatic carboxylic acids is 1. The van der Waals surface area contributed by atoms with Crippen molar-refractivity contribution in [1.82, 2.24) is 9.88 Å². The number of nitrogens with zero attached hydrogens (tertiary/aromatic N) is 2. The van der Waals surface area contributed by atoms with Gasteiger partial charge in [0.15, 0.2) is 0 Å². The molecule has 0 aliphatic carbocycles. The number of pyridine rings is 1. The van der Waals surface area contributed by atoms with Crippen LogP contribution < -0.4 is 4.74 Å². The molecule has 1 saturated heterocycles. The van der Waals surface area contributed by atoms with Crippen LogP contribution in [0.5, 0.6) is 5.75 Å². The zero-order valence-electron chi connectivity index (χ0n) is 19.0. The molecule has 1 N–H and O–H groups in total. The van der Waals surface area contributed by atoms with Gasteiger partial charge in [0, 0.05) is 11.6 Å². The van der Waals surface area contributed by atoms with Crippen LogP contribution in [0.25, 0.3) is 10.9 Å². The van der Waals surface area contributed by atoms with Crippen molar-refractivity contribution in [3.63, 3.8) is 0 Å². The summed E-state index contributed by atoms with van der Waals surface area (Å²) in [6.45, 7) is 1.21. The van der Waals surface area contributed by atoms with Crippen molar-refractivity contribution < 1.29 is 14.6 Å². The topological polar surface area (TPSA) is 62.7 Å². The molecular formula is C29H28N2O3. The predicted molar refractivity (Wildman–Crippen MR) is 133 cm³/mol. The van der Waals surface area contributed by atoms with Gasteiger partial charge in [0.05, 0.1) is 11.6 Å². The second-order valence-corrected chi connectivity index (χ2v) is 8.80. The van der Waals surface area contributed by atoms with Crippen LogP contribution in [0.4, 0.5) is 0 Å². The van der Waals surface area contributed by atoms with Crippen molar-refractivity contribution in [2.45, 2.75) is 38.0 Å². The Kier molecular flexibility index (Phi) is 6.54. The van der Waals surface area contributed by atoms with E-state index in [4.69, 9.17) is 4.74 Å². The van der Waals surface area contributed by atoms with E-state index in [-0.39, 0.29) is 6.04 Å². The highest BCUT2D eigenvalue weighted by Crippen LogP contribution is 2.36. The lowest BCUT2D eigenvalue weighted by Gasteiger charge is -2.39. The lowest BCUT2D eigenvalue weighted by Crippen LogP contribution is -2.46. The Morgan fingerprint density at radius 3 is 2.65 bits per heavy atom. The number of rotatable bonds is 7. The summed E-state index contributed by atoms with van der Waals surface area (Å²) in [5.74, 6) is -0.00100. The van der Waals surface area contributed by atoms with Crippen LogP contribution >= 0.6 is 0 Å². The quantitative estimate of drug-likeness (QED) is 0.382. The normalized spacial score (nSPS) is 17.4. The molecule has 1 fully saturated rings. The Labute approximate surface area is 199 Å². The van der Waals surface area contributed by atoms with Crippen molar-refractivity contribution in [2.75, 3.05) is 6.54 Å². The number of para-hydroxylation sites is 1. The van der Waals surface area contributed by atoms with E-state index in [0.717, 1.165) is 52.7 Å². The van der Waals surface area contributed by atoms with Gasteiger partial charge in [0.25, 0.3) is 0 Å². The van der Waals surface area contributed by atoms with Gasteiger partial charge >= 0.3 is 5.97 Å². The standard InChI is InChI=1S/C29H28N2O3/c32-29(33)27-15-6-7-16-31(27)28(24-17-22-11-4-5-14-26(22)30-19-24)23-12-8-13-25(18-23)34-20-21-9-2-1-3-10-21/h1-5,8-14,17-19,27-28H,6-7,15-16,20H2,(H,32,33). The molecular weight excluding hydrogens is 424 g/mol. The molecule has 0 radical (unpaired) electrons. The number of benzene rings is 3. The fourth-order valence-electron chi connectivity index (χ4n) is 4.86. The maximum absolute atomic E-state index is 12.2. The number of hydrogen-bond donors (Lipinski definition) is 1. The maximum Gasteiger partial charge on any atom is 0.320 e. The van der Waals surface area contributed by atoms with Crippen molar-refractivity contribution in [3.05, 3.63) is 108 Å². The molecule has 5 nitrogen and oxygen atoms in total. The van der Waals surface area contributed by atoms with Crippen LogP contribution in [-0.2, 0) is 11.4 Å². The number of likely N-dealkylation sites (tertiary alicyclic amines) is 1. The third-order valence-corrected chi connectivity index (χ3v) is 6.51. The SMILES string of the molecule is O=C(O)C1CCCCN1C(c1cccc(OCc2ccccc2)c1)c1cnc2ccccc2c1. The van der Waals surface area contributed by atoms with Crippen LogP contribution in [0.1, 0.15) is 42.0 Å². The van der Waals surface area contributed by atoms with Crippen LogP contribution in [0.2, 0.25) is 0 Å². The minimum atomic E-state index is -0.769. The molecule has 0 bridgehead atoms. The average Bonchev–Trinajstić information content (AvgIpc) is 2.89. The number of ether oxygens (including phenoxy) is 1. The molecule has 3 aromatic carbocycles. The second kappa shape index (κ2) is 10.1. The van der Waals surface area contributed by atoms with Gasteiger partial charge in [-0.25, -0.2) is 0 Å². The van der Waals surface area contributed by atoms with E-state index in [2.05, 4.69) is 22.0 Å². The van der Waals surface area contributed by atoms with E-state index in [9.17, 15) is 9.90 Å². The van der Waals surface area contributed by atoms with Gasteiger partial charge in [-0.05, 0) is 60.3 Å². The van der Waals surface area contributed by atoms with Crippen molar-refractivity contribution in [2.24, 2.45) is 0 Å². The molecule has 2 heterocycles. The van der Waals surface area contributed by atoms with Crippen molar-refractivity contribution in [3.8, 4) is 5.75 Å². The second-order valence-electron chi connectivity index (χ2n) is 8.80. The van der Waals surface area contributed by atoms with Gasteiger partial charge in [0.1, 0.15) is 18.4 Å². The molecule has 0 spiro atoms. The molecule has 34 heavy (non-hydrogen) atoms. The molecule has 172 valence electrons. The minimum Gasteiger partial charge on any atom is -0.489 e. The largest absolute Gasteiger partial charge is 0.489 e. The number of carboxylic acids is 1. The number of fused-ring (bicyclic) bond motifs is 1. The van der Waals surface area contributed by atoms with Crippen molar-refractivity contribution >= 4 is 16.9 Å². The molecule has 4 aromatic rings. The van der Waals surface area contributed by atoms with Gasteiger partial charge in [0.2, 0.25) is 0 Å². The fraction of sp³-hybridized carbons (Fsp3) is 0.241. The maximum atomic E-state index is 12.2. The molecule has 2 atom stereocenters. The summed E-state index contributed by atoms with van der Waals surface area (Å²) < 4.78 is 6.10. The number of hydrogen-bond acceptors (Lipinski definition) is 4. The summed E-state index contributed by atoms with van der Waals surface area (Å²) in [4.78, 5) is 19.0. The monoisotopic (exact) mass is 452 g/mol. The first-order chi connectivity index (χ1) is 16.7. The van der Waals surface area contributed by atoms with Gasteiger partial charge in [-0.3, -0.25) is 14.7 Å². The predicted octanol–water partition coefficient (Wildman–Crippen LogP) is 5.84. The summed E-state index contributed by atoms with van der Waals surface area (Å²) in [7, 11) is 0. The highest BCUT2D eigenvalue weighted by Gasteiger charge is 2.35. The van der Waals surface area contributed by atoms with E-state index in [1.165, 1.54) is 0 Å². The highest BCUT2D eigenvalue weighted by molar-refractivity contribution is 5.79.